The molecule has 0 aliphatic carbocycles. The lowest BCUT2D eigenvalue weighted by Crippen LogP contribution is -2.31. The van der Waals surface area contributed by atoms with Crippen LogP contribution in [0.4, 0.5) is 0 Å². The predicted molar refractivity (Wildman–Crippen MR) is 71.6 cm³/mol. The molecular formula is C14H14N2O3. The van der Waals surface area contributed by atoms with Crippen molar-refractivity contribution in [2.45, 2.75) is 20.4 Å². The summed E-state index contributed by atoms with van der Waals surface area (Å²) in [4.78, 5) is 36.8. The minimum absolute atomic E-state index is 0.0834. The number of aromatic amines is 1. The lowest BCUT2D eigenvalue weighted by molar-refractivity contribution is 0.0969. The van der Waals surface area contributed by atoms with Crippen LogP contribution in [0.1, 0.15) is 21.5 Å². The molecule has 0 spiro atoms. The molecule has 0 aliphatic heterocycles. The first-order valence-electron chi connectivity index (χ1n) is 5.87. The zero-order valence-electron chi connectivity index (χ0n) is 10.8. The number of H-pyrrole nitrogens is 1. The number of ketones is 1. The number of rotatable bonds is 3. The van der Waals surface area contributed by atoms with Crippen molar-refractivity contribution in [1.82, 2.24) is 9.55 Å². The molecule has 2 rings (SSSR count). The van der Waals surface area contributed by atoms with Gasteiger partial charge in [0.15, 0.2) is 5.78 Å². The van der Waals surface area contributed by atoms with Crippen LogP contribution in [0.15, 0.2) is 40.1 Å². The van der Waals surface area contributed by atoms with Crippen molar-refractivity contribution in [1.29, 1.82) is 0 Å². The van der Waals surface area contributed by atoms with Gasteiger partial charge in [-0.2, -0.15) is 0 Å². The summed E-state index contributed by atoms with van der Waals surface area (Å²) in [6.45, 7) is 3.67. The van der Waals surface area contributed by atoms with E-state index in [1.165, 1.54) is 16.8 Å². The molecule has 0 saturated heterocycles. The number of Topliss-reactive ketones (excluding diaryl/α,β-unsaturated/α-hetero) is 1. The van der Waals surface area contributed by atoms with E-state index in [1.54, 1.807) is 6.07 Å². The molecule has 0 fully saturated rings. The van der Waals surface area contributed by atoms with E-state index in [9.17, 15) is 14.4 Å². The Kier molecular flexibility index (Phi) is 3.46. The van der Waals surface area contributed by atoms with Crippen LogP contribution in [0.25, 0.3) is 0 Å². The van der Waals surface area contributed by atoms with Crippen molar-refractivity contribution in [3.05, 3.63) is 68.0 Å². The van der Waals surface area contributed by atoms with Gasteiger partial charge in [0.2, 0.25) is 0 Å². The summed E-state index contributed by atoms with van der Waals surface area (Å²) in [7, 11) is 0. The lowest BCUT2D eigenvalue weighted by Gasteiger charge is -2.07. The fraction of sp³-hybridized carbons (Fsp3) is 0.214. The molecule has 98 valence electrons. The van der Waals surface area contributed by atoms with Crippen molar-refractivity contribution in [3.63, 3.8) is 0 Å². The summed E-state index contributed by atoms with van der Waals surface area (Å²) in [5, 5.41) is 0. The third kappa shape index (κ3) is 2.88. The van der Waals surface area contributed by atoms with Crippen LogP contribution in [0, 0.1) is 13.8 Å². The van der Waals surface area contributed by atoms with Crippen molar-refractivity contribution < 1.29 is 4.79 Å². The van der Waals surface area contributed by atoms with Crippen LogP contribution in [0.2, 0.25) is 0 Å². The zero-order chi connectivity index (χ0) is 14.0. The molecule has 5 heteroatoms. The maximum absolute atomic E-state index is 12.2. The summed E-state index contributed by atoms with van der Waals surface area (Å²) in [6, 6.07) is 6.82. The summed E-state index contributed by atoms with van der Waals surface area (Å²) < 4.78 is 1.19. The van der Waals surface area contributed by atoms with Crippen molar-refractivity contribution in [2.75, 3.05) is 0 Å². The fourth-order valence-electron chi connectivity index (χ4n) is 1.84. The van der Waals surface area contributed by atoms with E-state index in [2.05, 4.69) is 4.98 Å². The minimum Gasteiger partial charge on any atom is -0.293 e. The van der Waals surface area contributed by atoms with Gasteiger partial charge in [0.25, 0.3) is 5.56 Å². The number of hydrogen-bond donors (Lipinski definition) is 1. The molecule has 0 bridgehead atoms. The second-order valence-corrected chi connectivity index (χ2v) is 4.48. The van der Waals surface area contributed by atoms with Crippen LogP contribution in [0.3, 0.4) is 0 Å². The summed E-state index contributed by atoms with van der Waals surface area (Å²) in [5.74, 6) is -0.157. The van der Waals surface area contributed by atoms with E-state index in [0.717, 1.165) is 11.1 Å². The second kappa shape index (κ2) is 5.06. The standard InChI is InChI=1S/C14H14N2O3/c1-9-3-4-10(2)11(7-9)12(17)8-16-6-5-13(18)15-14(16)19/h3-7H,8H2,1-2H3,(H,15,18,19). The first-order valence-corrected chi connectivity index (χ1v) is 5.87. The molecule has 1 aromatic carbocycles. The van der Waals surface area contributed by atoms with Gasteiger partial charge in [-0.1, -0.05) is 17.7 Å². The summed E-state index contributed by atoms with van der Waals surface area (Å²) in [5.41, 5.74) is 1.40. The van der Waals surface area contributed by atoms with Gasteiger partial charge in [0.05, 0.1) is 6.54 Å². The van der Waals surface area contributed by atoms with E-state index < -0.39 is 11.2 Å². The van der Waals surface area contributed by atoms with E-state index >= 15 is 0 Å². The molecule has 5 nitrogen and oxygen atoms in total. The van der Waals surface area contributed by atoms with Gasteiger partial charge in [-0.25, -0.2) is 4.79 Å². The van der Waals surface area contributed by atoms with Gasteiger partial charge in [-0.3, -0.25) is 19.1 Å². The highest BCUT2D eigenvalue weighted by molar-refractivity contribution is 5.97. The predicted octanol–water partition coefficient (Wildman–Crippen LogP) is 1.04. The molecule has 0 amide bonds. The van der Waals surface area contributed by atoms with Gasteiger partial charge in [-0.15, -0.1) is 0 Å². The molecule has 1 N–H and O–H groups in total. The minimum atomic E-state index is -0.578. The number of nitrogens with zero attached hydrogens (tertiary/aromatic N) is 1. The van der Waals surface area contributed by atoms with E-state index in [1.807, 2.05) is 26.0 Å². The van der Waals surface area contributed by atoms with Crippen LogP contribution in [0.5, 0.6) is 0 Å². The maximum atomic E-state index is 12.2. The van der Waals surface area contributed by atoms with Gasteiger partial charge in [-0.05, 0) is 25.5 Å². The summed E-state index contributed by atoms with van der Waals surface area (Å²) >= 11 is 0. The first-order chi connectivity index (χ1) is 8.97. The molecule has 2 aromatic rings. The maximum Gasteiger partial charge on any atom is 0.328 e. The third-order valence-electron chi connectivity index (χ3n) is 2.90. The zero-order valence-corrected chi connectivity index (χ0v) is 10.8. The lowest BCUT2D eigenvalue weighted by atomic mass is 10.0. The quantitative estimate of drug-likeness (QED) is 0.836. The van der Waals surface area contributed by atoms with Crippen molar-refractivity contribution >= 4 is 5.78 Å². The molecule has 0 atom stereocenters. The molecule has 0 radical (unpaired) electrons. The topological polar surface area (TPSA) is 71.9 Å². The fourth-order valence-corrected chi connectivity index (χ4v) is 1.84. The number of carbonyl (C=O) groups is 1. The van der Waals surface area contributed by atoms with Crippen LogP contribution in [-0.2, 0) is 6.54 Å². The highest BCUT2D eigenvalue weighted by Gasteiger charge is 2.11. The molecule has 1 aromatic heterocycles. The SMILES string of the molecule is Cc1ccc(C)c(C(=O)Cn2ccc(=O)[nH]c2=O)c1. The van der Waals surface area contributed by atoms with Crippen LogP contribution in [-0.4, -0.2) is 15.3 Å². The Bertz CT molecular complexity index is 741. The average Bonchev–Trinajstić information content (AvgIpc) is 2.35. The van der Waals surface area contributed by atoms with Gasteiger partial charge in [0, 0.05) is 17.8 Å². The van der Waals surface area contributed by atoms with Gasteiger partial charge < -0.3 is 0 Å². The Hall–Kier alpha value is -2.43. The molecule has 19 heavy (non-hydrogen) atoms. The Morgan fingerprint density at radius 3 is 2.63 bits per heavy atom. The monoisotopic (exact) mass is 258 g/mol. The van der Waals surface area contributed by atoms with Crippen LogP contribution >= 0.6 is 0 Å². The molecule has 0 unspecified atom stereocenters. The third-order valence-corrected chi connectivity index (χ3v) is 2.90. The van der Waals surface area contributed by atoms with Gasteiger partial charge >= 0.3 is 5.69 Å². The number of hydrogen-bond acceptors (Lipinski definition) is 3. The normalized spacial score (nSPS) is 10.4. The number of nitrogens with one attached hydrogen (secondary N) is 1. The number of aryl methyl sites for hydroxylation is 2. The van der Waals surface area contributed by atoms with E-state index in [4.69, 9.17) is 0 Å². The van der Waals surface area contributed by atoms with E-state index in [0.29, 0.717) is 5.56 Å². The van der Waals surface area contributed by atoms with Crippen molar-refractivity contribution in [2.24, 2.45) is 0 Å². The first kappa shape index (κ1) is 13.0. The highest BCUT2D eigenvalue weighted by Crippen LogP contribution is 2.11. The molecule has 1 heterocycles. The van der Waals surface area contributed by atoms with Crippen molar-refractivity contribution in [3.8, 4) is 0 Å². The largest absolute Gasteiger partial charge is 0.328 e. The molecular weight excluding hydrogens is 244 g/mol. The Morgan fingerprint density at radius 2 is 1.95 bits per heavy atom. The highest BCUT2D eigenvalue weighted by atomic mass is 16.2. The smallest absolute Gasteiger partial charge is 0.293 e. The molecule has 0 aliphatic rings. The van der Waals surface area contributed by atoms with E-state index in [-0.39, 0.29) is 12.3 Å². The van der Waals surface area contributed by atoms with Gasteiger partial charge in [0.1, 0.15) is 0 Å². The summed E-state index contributed by atoms with van der Waals surface area (Å²) in [6.07, 6.45) is 1.32. The number of benzene rings is 1. The average molecular weight is 258 g/mol. The Labute approximate surface area is 109 Å². The molecule has 0 saturated carbocycles. The number of aromatic nitrogens is 2. The Morgan fingerprint density at radius 1 is 1.21 bits per heavy atom. The van der Waals surface area contributed by atoms with Crippen LogP contribution < -0.4 is 11.2 Å². The second-order valence-electron chi connectivity index (χ2n) is 4.48. The number of carbonyl (C=O) groups excluding carboxylic acids is 1. The Balaban J connectivity index is 2.33.